The summed E-state index contributed by atoms with van der Waals surface area (Å²) in [4.78, 5) is 24.1. The van der Waals surface area contributed by atoms with Gasteiger partial charge in [0.25, 0.3) is 0 Å². The van der Waals surface area contributed by atoms with Crippen molar-refractivity contribution in [2.75, 3.05) is 6.61 Å². The molecule has 2 rings (SSSR count). The average Bonchev–Trinajstić information content (AvgIpc) is 2.87. The minimum atomic E-state index is -0.875. The SMILES string of the molecule is C#CC(=O)C(CCC)OC(=O)c1ccc(CCc2ccc(OCCCCCCCC)cc2)cc1. The van der Waals surface area contributed by atoms with Crippen LogP contribution in [0.2, 0.25) is 0 Å². The van der Waals surface area contributed by atoms with Gasteiger partial charge in [0.2, 0.25) is 5.78 Å². The highest BCUT2D eigenvalue weighted by Gasteiger charge is 2.21. The van der Waals surface area contributed by atoms with Crippen molar-refractivity contribution in [3.63, 3.8) is 0 Å². The summed E-state index contributed by atoms with van der Waals surface area (Å²) in [5.74, 6) is 1.95. The van der Waals surface area contributed by atoms with Crippen LogP contribution in [0.5, 0.6) is 5.75 Å². The predicted octanol–water partition coefficient (Wildman–Crippen LogP) is 6.74. The first-order valence-electron chi connectivity index (χ1n) is 12.6. The van der Waals surface area contributed by atoms with Gasteiger partial charge in [0.15, 0.2) is 6.10 Å². The lowest BCUT2D eigenvalue weighted by molar-refractivity contribution is -0.122. The number of esters is 1. The van der Waals surface area contributed by atoms with Crippen molar-refractivity contribution in [3.05, 3.63) is 65.2 Å². The van der Waals surface area contributed by atoms with Crippen molar-refractivity contribution in [2.24, 2.45) is 0 Å². The van der Waals surface area contributed by atoms with Crippen LogP contribution in [0.3, 0.4) is 0 Å². The normalized spacial score (nSPS) is 11.4. The van der Waals surface area contributed by atoms with E-state index in [2.05, 4.69) is 19.1 Å². The first-order chi connectivity index (χ1) is 16.6. The lowest BCUT2D eigenvalue weighted by Gasteiger charge is -2.13. The van der Waals surface area contributed by atoms with Crippen LogP contribution >= 0.6 is 0 Å². The van der Waals surface area contributed by atoms with E-state index in [-0.39, 0.29) is 0 Å². The number of ketones is 1. The second-order valence-electron chi connectivity index (χ2n) is 8.65. The second kappa shape index (κ2) is 15.7. The summed E-state index contributed by atoms with van der Waals surface area (Å²) in [5, 5.41) is 0. The quantitative estimate of drug-likeness (QED) is 0.120. The maximum atomic E-state index is 12.4. The van der Waals surface area contributed by atoms with Gasteiger partial charge in [0, 0.05) is 0 Å². The fourth-order valence-corrected chi connectivity index (χ4v) is 3.72. The molecule has 4 nitrogen and oxygen atoms in total. The molecule has 2 aromatic carbocycles. The first kappa shape index (κ1) is 27.2. The average molecular weight is 463 g/mol. The summed E-state index contributed by atoms with van der Waals surface area (Å²) in [6.07, 6.45) is 14.8. The van der Waals surface area contributed by atoms with Crippen LogP contribution in [0.25, 0.3) is 0 Å². The molecule has 0 aromatic heterocycles. The maximum Gasteiger partial charge on any atom is 0.338 e. The Balaban J connectivity index is 1.76. The second-order valence-corrected chi connectivity index (χ2v) is 8.65. The Morgan fingerprint density at radius 1 is 0.824 bits per heavy atom. The summed E-state index contributed by atoms with van der Waals surface area (Å²) in [5.41, 5.74) is 2.79. The van der Waals surface area contributed by atoms with Gasteiger partial charge in [-0.15, -0.1) is 6.42 Å². The summed E-state index contributed by atoms with van der Waals surface area (Å²) in [6.45, 7) is 4.92. The van der Waals surface area contributed by atoms with E-state index in [1.807, 2.05) is 37.1 Å². The van der Waals surface area contributed by atoms with Crippen LogP contribution < -0.4 is 4.74 Å². The molecule has 0 radical (unpaired) electrons. The van der Waals surface area contributed by atoms with Gasteiger partial charge in [0.05, 0.1) is 12.2 Å². The predicted molar refractivity (Wildman–Crippen MR) is 137 cm³/mol. The van der Waals surface area contributed by atoms with E-state index in [1.165, 1.54) is 37.7 Å². The number of Topliss-reactive ketones (excluding diaryl/α,β-unsaturated/α-hetero) is 1. The van der Waals surface area contributed by atoms with Crippen molar-refractivity contribution < 1.29 is 19.1 Å². The number of carbonyl (C=O) groups excluding carboxylic acids is 2. The number of rotatable bonds is 16. The zero-order chi connectivity index (χ0) is 24.6. The molecule has 0 aliphatic rings. The minimum Gasteiger partial charge on any atom is -0.494 e. The number of benzene rings is 2. The molecule has 0 heterocycles. The molecule has 0 aliphatic heterocycles. The summed E-state index contributed by atoms with van der Waals surface area (Å²) >= 11 is 0. The molecule has 0 saturated carbocycles. The van der Waals surface area contributed by atoms with Crippen LogP contribution in [-0.4, -0.2) is 24.5 Å². The van der Waals surface area contributed by atoms with Crippen LogP contribution in [0, 0.1) is 12.3 Å². The number of hydrogen-bond donors (Lipinski definition) is 0. The van der Waals surface area contributed by atoms with Crippen LogP contribution in [-0.2, 0) is 22.4 Å². The van der Waals surface area contributed by atoms with Crippen LogP contribution in [0.1, 0.15) is 86.7 Å². The highest BCUT2D eigenvalue weighted by Crippen LogP contribution is 2.16. The number of ether oxygens (including phenoxy) is 2. The van der Waals surface area contributed by atoms with Crippen molar-refractivity contribution in [3.8, 4) is 18.1 Å². The molecule has 0 bridgehead atoms. The Morgan fingerprint density at radius 2 is 1.41 bits per heavy atom. The Hall–Kier alpha value is -3.06. The maximum absolute atomic E-state index is 12.4. The van der Waals surface area contributed by atoms with Crippen molar-refractivity contribution in [1.82, 2.24) is 0 Å². The zero-order valence-electron chi connectivity index (χ0n) is 20.7. The number of unbranched alkanes of at least 4 members (excludes halogenated alkanes) is 5. The lowest BCUT2D eigenvalue weighted by Crippen LogP contribution is -2.26. The number of hydrogen-bond acceptors (Lipinski definition) is 4. The Morgan fingerprint density at radius 3 is 2.00 bits per heavy atom. The van der Waals surface area contributed by atoms with Crippen LogP contribution in [0.4, 0.5) is 0 Å². The number of carbonyl (C=O) groups is 2. The molecule has 0 fully saturated rings. The fourth-order valence-electron chi connectivity index (χ4n) is 3.72. The third-order valence-corrected chi connectivity index (χ3v) is 5.82. The number of terminal acetylenes is 1. The molecule has 0 spiro atoms. The van der Waals surface area contributed by atoms with Gasteiger partial charge >= 0.3 is 5.97 Å². The molecular weight excluding hydrogens is 424 g/mol. The molecule has 0 aliphatic carbocycles. The number of aryl methyl sites for hydroxylation is 2. The van der Waals surface area contributed by atoms with Gasteiger partial charge < -0.3 is 9.47 Å². The van der Waals surface area contributed by atoms with Crippen molar-refractivity contribution >= 4 is 11.8 Å². The Labute approximate surface area is 205 Å². The van der Waals surface area contributed by atoms with Gasteiger partial charge in [-0.3, -0.25) is 4.79 Å². The molecule has 4 heteroatoms. The van der Waals surface area contributed by atoms with Gasteiger partial charge in [-0.25, -0.2) is 4.79 Å². The van der Waals surface area contributed by atoms with E-state index in [1.54, 1.807) is 12.1 Å². The first-order valence-corrected chi connectivity index (χ1v) is 12.6. The van der Waals surface area contributed by atoms with E-state index in [9.17, 15) is 9.59 Å². The molecule has 2 aromatic rings. The zero-order valence-corrected chi connectivity index (χ0v) is 20.7. The molecule has 182 valence electrons. The van der Waals surface area contributed by atoms with Crippen LogP contribution in [0.15, 0.2) is 48.5 Å². The van der Waals surface area contributed by atoms with Gasteiger partial charge in [0.1, 0.15) is 5.75 Å². The largest absolute Gasteiger partial charge is 0.494 e. The standard InChI is InChI=1S/C30H38O4/c1-4-7-8-9-10-11-23-33-27-21-17-25(18-22-27)14-13-24-15-19-26(20-16-24)30(32)34-29(12-5-2)28(31)6-3/h3,15-22,29H,4-5,7-14,23H2,1-2H3. The third-order valence-electron chi connectivity index (χ3n) is 5.82. The molecule has 1 atom stereocenters. The van der Waals surface area contributed by atoms with E-state index in [0.29, 0.717) is 18.4 Å². The third kappa shape index (κ3) is 9.83. The van der Waals surface area contributed by atoms with Crippen molar-refractivity contribution in [1.29, 1.82) is 0 Å². The van der Waals surface area contributed by atoms with E-state index < -0.39 is 17.9 Å². The molecule has 34 heavy (non-hydrogen) atoms. The molecule has 0 saturated heterocycles. The summed E-state index contributed by atoms with van der Waals surface area (Å²) < 4.78 is 11.2. The minimum absolute atomic E-state index is 0.418. The van der Waals surface area contributed by atoms with E-state index >= 15 is 0 Å². The van der Waals surface area contributed by atoms with Gasteiger partial charge in [-0.2, -0.15) is 0 Å². The summed E-state index contributed by atoms with van der Waals surface area (Å²) in [6, 6.07) is 15.6. The summed E-state index contributed by atoms with van der Waals surface area (Å²) in [7, 11) is 0. The van der Waals surface area contributed by atoms with E-state index in [0.717, 1.165) is 37.2 Å². The molecular formula is C30H38O4. The highest BCUT2D eigenvalue weighted by molar-refractivity contribution is 6.00. The Bertz CT molecular complexity index is 906. The molecule has 0 N–H and O–H groups in total. The fraction of sp³-hybridized carbons (Fsp3) is 0.467. The van der Waals surface area contributed by atoms with Crippen molar-refractivity contribution in [2.45, 2.75) is 84.2 Å². The molecule has 0 amide bonds. The van der Waals surface area contributed by atoms with Gasteiger partial charge in [-0.1, -0.05) is 76.6 Å². The smallest absolute Gasteiger partial charge is 0.338 e. The Kier molecular flexibility index (Phi) is 12.6. The monoisotopic (exact) mass is 462 g/mol. The van der Waals surface area contributed by atoms with E-state index in [4.69, 9.17) is 15.9 Å². The highest BCUT2D eigenvalue weighted by atomic mass is 16.5. The molecule has 1 unspecified atom stereocenters. The lowest BCUT2D eigenvalue weighted by atomic mass is 10.0. The topological polar surface area (TPSA) is 52.6 Å². The van der Waals surface area contributed by atoms with Gasteiger partial charge in [-0.05, 0) is 67.0 Å².